The van der Waals surface area contributed by atoms with Crippen LogP contribution in [0.3, 0.4) is 0 Å². The summed E-state index contributed by atoms with van der Waals surface area (Å²) in [5.74, 6) is -0.311. The molecule has 0 bridgehead atoms. The van der Waals surface area contributed by atoms with Gasteiger partial charge in [0.1, 0.15) is 5.82 Å². The number of fused-ring (bicyclic) bond motifs is 2. The summed E-state index contributed by atoms with van der Waals surface area (Å²) >= 11 is 6.74. The molecular formula is C23H18ClN5O2. The molecule has 1 N–H and O–H groups in total. The molecular weight excluding hydrogens is 414 g/mol. The lowest BCUT2D eigenvalue weighted by Crippen LogP contribution is -2.36. The molecule has 0 radical (unpaired) electrons. The Morgan fingerprint density at radius 2 is 1.94 bits per heavy atom. The first kappa shape index (κ1) is 18.4. The molecule has 2 aromatic carbocycles. The highest BCUT2D eigenvalue weighted by Gasteiger charge is 2.58. The highest BCUT2D eigenvalue weighted by Crippen LogP contribution is 2.52. The second-order valence-corrected chi connectivity index (χ2v) is 7.96. The first-order valence-corrected chi connectivity index (χ1v) is 10.3. The van der Waals surface area contributed by atoms with Crippen LogP contribution < -0.4 is 10.2 Å². The molecule has 4 aromatic rings. The molecule has 0 unspecified atom stereocenters. The van der Waals surface area contributed by atoms with Crippen molar-refractivity contribution in [2.75, 3.05) is 10.2 Å². The van der Waals surface area contributed by atoms with Crippen molar-refractivity contribution in [3.63, 3.8) is 0 Å². The third-order valence-corrected chi connectivity index (χ3v) is 5.86. The van der Waals surface area contributed by atoms with Crippen LogP contribution in [0.1, 0.15) is 16.8 Å². The average Bonchev–Trinajstić information content (AvgIpc) is 3.49. The van der Waals surface area contributed by atoms with Gasteiger partial charge in [0.25, 0.3) is 0 Å². The fourth-order valence-electron chi connectivity index (χ4n) is 3.97. The monoisotopic (exact) mass is 431 g/mol. The number of benzene rings is 2. The molecule has 154 valence electrons. The second kappa shape index (κ2) is 6.81. The number of aromatic nitrogens is 3. The summed E-state index contributed by atoms with van der Waals surface area (Å²) in [5, 5.41) is 8.41. The average molecular weight is 432 g/mol. The van der Waals surface area contributed by atoms with E-state index in [-0.39, 0.29) is 0 Å². The van der Waals surface area contributed by atoms with Gasteiger partial charge in [-0.15, -0.1) is 0 Å². The molecule has 1 saturated heterocycles. The third kappa shape index (κ3) is 2.97. The van der Waals surface area contributed by atoms with E-state index >= 15 is 0 Å². The first-order valence-electron chi connectivity index (χ1n) is 9.91. The maximum absolute atomic E-state index is 6.74. The first-order chi connectivity index (χ1) is 15.1. The van der Waals surface area contributed by atoms with Gasteiger partial charge in [-0.3, -0.25) is 0 Å². The van der Waals surface area contributed by atoms with Crippen LogP contribution in [0.2, 0.25) is 5.02 Å². The van der Waals surface area contributed by atoms with E-state index in [0.29, 0.717) is 11.6 Å². The van der Waals surface area contributed by atoms with Crippen LogP contribution in [0.15, 0.2) is 73.1 Å². The summed E-state index contributed by atoms with van der Waals surface area (Å²) < 4.78 is 1.79. The van der Waals surface area contributed by atoms with Crippen LogP contribution in [0.25, 0.3) is 5.69 Å². The van der Waals surface area contributed by atoms with Gasteiger partial charge < -0.3 is 10.2 Å². The van der Waals surface area contributed by atoms with E-state index in [1.54, 1.807) is 10.9 Å². The fourth-order valence-corrected chi connectivity index (χ4v) is 4.26. The Bertz CT molecular complexity index is 1300. The Labute approximate surface area is 183 Å². The van der Waals surface area contributed by atoms with Crippen LogP contribution in [-0.2, 0) is 22.2 Å². The maximum Gasteiger partial charge on any atom is 0.339 e. The van der Waals surface area contributed by atoms with Crippen molar-refractivity contribution < 1.29 is 9.78 Å². The van der Waals surface area contributed by atoms with Crippen molar-refractivity contribution in [2.45, 2.75) is 19.4 Å². The van der Waals surface area contributed by atoms with Gasteiger partial charge in [-0.1, -0.05) is 29.8 Å². The lowest BCUT2D eigenvalue weighted by atomic mass is 10.1. The van der Waals surface area contributed by atoms with Crippen molar-refractivity contribution in [3.8, 4) is 5.69 Å². The number of halogens is 1. The Balaban J connectivity index is 1.45. The third-order valence-electron chi connectivity index (χ3n) is 5.54. The minimum Gasteiger partial charge on any atom is -0.338 e. The number of anilines is 3. The standard InChI is InChI=1S/C23H18ClN5O2/c1-15-10-12-29(27-15)17-8-9-18(19(24)13-17)23(30-31-23)28-14-16-5-4-11-25-22(16)26-20-6-2-3-7-21(20)28/h2-13H,14H2,1H3,(H,25,26). The Kier molecular flexibility index (Phi) is 4.04. The molecule has 6 rings (SSSR count). The summed E-state index contributed by atoms with van der Waals surface area (Å²) in [5.41, 5.74) is 5.40. The Morgan fingerprint density at radius 3 is 2.71 bits per heavy atom. The van der Waals surface area contributed by atoms with Crippen LogP contribution in [0.5, 0.6) is 0 Å². The molecule has 2 aliphatic rings. The minimum atomic E-state index is -1.12. The number of nitrogens with zero attached hydrogens (tertiary/aromatic N) is 4. The number of pyridine rings is 1. The van der Waals surface area contributed by atoms with E-state index in [9.17, 15) is 0 Å². The molecule has 0 atom stereocenters. The minimum absolute atomic E-state index is 0.531. The van der Waals surface area contributed by atoms with E-state index < -0.39 is 5.91 Å². The second-order valence-electron chi connectivity index (χ2n) is 7.55. The van der Waals surface area contributed by atoms with Gasteiger partial charge in [0.15, 0.2) is 0 Å². The zero-order valence-electron chi connectivity index (χ0n) is 16.6. The van der Waals surface area contributed by atoms with Crippen LogP contribution in [0.4, 0.5) is 17.2 Å². The van der Waals surface area contributed by atoms with Crippen LogP contribution in [-0.4, -0.2) is 14.8 Å². The molecule has 0 spiro atoms. The maximum atomic E-state index is 6.74. The zero-order valence-corrected chi connectivity index (χ0v) is 17.4. The molecule has 7 nitrogen and oxygen atoms in total. The number of hydrogen-bond donors (Lipinski definition) is 1. The summed E-state index contributed by atoms with van der Waals surface area (Å²) in [6.07, 6.45) is 3.68. The van der Waals surface area contributed by atoms with Gasteiger partial charge in [-0.05, 0) is 49.4 Å². The SMILES string of the molecule is Cc1ccn(-c2ccc(C3(N4Cc5cccnc5Nc5ccccc54)OO3)c(Cl)c2)n1. The molecule has 0 aliphatic carbocycles. The summed E-state index contributed by atoms with van der Waals surface area (Å²) in [7, 11) is 0. The molecule has 2 aromatic heterocycles. The van der Waals surface area contributed by atoms with Gasteiger partial charge in [-0.2, -0.15) is 14.9 Å². The van der Waals surface area contributed by atoms with Crippen LogP contribution in [0, 0.1) is 6.92 Å². The van der Waals surface area contributed by atoms with E-state index in [0.717, 1.165) is 39.7 Å². The van der Waals surface area contributed by atoms with Gasteiger partial charge in [0, 0.05) is 18.0 Å². The van der Waals surface area contributed by atoms with Gasteiger partial charge in [-0.25, -0.2) is 9.67 Å². The van der Waals surface area contributed by atoms with E-state index in [2.05, 4.69) is 20.3 Å². The zero-order chi connectivity index (χ0) is 21.0. The lowest BCUT2D eigenvalue weighted by molar-refractivity contribution is 0.0850. The molecule has 8 heteroatoms. The molecule has 4 heterocycles. The fraction of sp³-hybridized carbons (Fsp3) is 0.130. The largest absolute Gasteiger partial charge is 0.339 e. The smallest absolute Gasteiger partial charge is 0.338 e. The van der Waals surface area contributed by atoms with Crippen molar-refractivity contribution in [1.29, 1.82) is 0 Å². The molecule has 2 aliphatic heterocycles. The number of rotatable bonds is 3. The van der Waals surface area contributed by atoms with Gasteiger partial charge >= 0.3 is 5.91 Å². The number of nitrogens with one attached hydrogen (secondary N) is 1. The number of aryl methyl sites for hydroxylation is 1. The molecule has 31 heavy (non-hydrogen) atoms. The highest BCUT2D eigenvalue weighted by molar-refractivity contribution is 6.31. The molecule has 1 fully saturated rings. The normalized spacial score (nSPS) is 16.1. The predicted octanol–water partition coefficient (Wildman–Crippen LogP) is 5.07. The summed E-state index contributed by atoms with van der Waals surface area (Å²) in [6, 6.07) is 19.6. The van der Waals surface area contributed by atoms with Crippen molar-refractivity contribution >= 4 is 28.8 Å². The van der Waals surface area contributed by atoms with Crippen molar-refractivity contribution in [2.24, 2.45) is 0 Å². The van der Waals surface area contributed by atoms with Crippen LogP contribution >= 0.6 is 11.6 Å². The topological polar surface area (TPSA) is 71.0 Å². The van der Waals surface area contributed by atoms with Crippen molar-refractivity contribution in [1.82, 2.24) is 14.8 Å². The van der Waals surface area contributed by atoms with E-state index in [1.165, 1.54) is 0 Å². The summed E-state index contributed by atoms with van der Waals surface area (Å²) in [6.45, 7) is 2.48. The highest BCUT2D eigenvalue weighted by atomic mass is 35.5. The lowest BCUT2D eigenvalue weighted by Gasteiger charge is -2.28. The quantitative estimate of drug-likeness (QED) is 0.361. The number of para-hydroxylation sites is 2. The number of hydrogen-bond acceptors (Lipinski definition) is 6. The van der Waals surface area contributed by atoms with Gasteiger partial charge in [0.05, 0.1) is 39.9 Å². The predicted molar refractivity (Wildman–Crippen MR) is 117 cm³/mol. The van der Waals surface area contributed by atoms with E-state index in [4.69, 9.17) is 21.4 Å². The molecule has 0 amide bonds. The summed E-state index contributed by atoms with van der Waals surface area (Å²) in [4.78, 5) is 17.9. The Morgan fingerprint density at radius 1 is 1.06 bits per heavy atom. The Hall–Kier alpha value is -3.39. The molecule has 0 saturated carbocycles. The van der Waals surface area contributed by atoms with Gasteiger partial charge in [0.2, 0.25) is 0 Å². The van der Waals surface area contributed by atoms with Crippen molar-refractivity contribution in [3.05, 3.63) is 94.9 Å². The van der Waals surface area contributed by atoms with E-state index in [1.807, 2.05) is 73.8 Å².